The van der Waals surface area contributed by atoms with Crippen LogP contribution in [0.25, 0.3) is 0 Å². The number of terminal acetylenes is 1. The van der Waals surface area contributed by atoms with E-state index in [1.807, 2.05) is 20.8 Å². The maximum absolute atomic E-state index is 11.7. The number of amides is 2. The SMILES string of the molecule is C#CCN(CC)C(=O)NCC(CC(C)C)C(=O)O. The molecule has 0 aromatic rings. The summed E-state index contributed by atoms with van der Waals surface area (Å²) in [4.78, 5) is 24.2. The van der Waals surface area contributed by atoms with E-state index < -0.39 is 11.9 Å². The van der Waals surface area contributed by atoms with E-state index in [0.29, 0.717) is 13.0 Å². The Balaban J connectivity index is 4.30. The van der Waals surface area contributed by atoms with Crippen LogP contribution in [-0.4, -0.2) is 41.6 Å². The first-order valence-electron chi connectivity index (χ1n) is 6.11. The highest BCUT2D eigenvalue weighted by Crippen LogP contribution is 2.11. The normalized spacial score (nSPS) is 11.7. The molecule has 0 aliphatic rings. The summed E-state index contributed by atoms with van der Waals surface area (Å²) < 4.78 is 0. The molecule has 0 heterocycles. The van der Waals surface area contributed by atoms with E-state index in [1.165, 1.54) is 4.90 Å². The van der Waals surface area contributed by atoms with Crippen molar-refractivity contribution < 1.29 is 14.7 Å². The molecule has 0 rings (SSSR count). The highest BCUT2D eigenvalue weighted by atomic mass is 16.4. The predicted octanol–water partition coefficient (Wildman–Crippen LogP) is 1.40. The molecule has 0 bridgehead atoms. The molecular weight excluding hydrogens is 232 g/mol. The summed E-state index contributed by atoms with van der Waals surface area (Å²) in [5, 5.41) is 11.7. The molecule has 0 saturated carbocycles. The van der Waals surface area contributed by atoms with Gasteiger partial charge < -0.3 is 15.3 Å². The molecule has 0 spiro atoms. The maximum Gasteiger partial charge on any atom is 0.318 e. The Labute approximate surface area is 109 Å². The van der Waals surface area contributed by atoms with Crippen molar-refractivity contribution in [3.05, 3.63) is 0 Å². The summed E-state index contributed by atoms with van der Waals surface area (Å²) in [5.74, 6) is 1.22. The number of carboxylic acid groups (broad SMARTS) is 1. The lowest BCUT2D eigenvalue weighted by Gasteiger charge is -2.21. The Bertz CT molecular complexity index is 321. The fraction of sp³-hybridized carbons (Fsp3) is 0.692. The first-order chi connectivity index (χ1) is 8.42. The average molecular weight is 254 g/mol. The van der Waals surface area contributed by atoms with Crippen LogP contribution in [0.1, 0.15) is 27.2 Å². The molecule has 0 fully saturated rings. The van der Waals surface area contributed by atoms with E-state index >= 15 is 0 Å². The van der Waals surface area contributed by atoms with Gasteiger partial charge in [0.25, 0.3) is 0 Å². The smallest absolute Gasteiger partial charge is 0.318 e. The molecule has 18 heavy (non-hydrogen) atoms. The Morgan fingerprint density at radius 1 is 1.44 bits per heavy atom. The van der Waals surface area contributed by atoms with Crippen molar-refractivity contribution in [2.45, 2.75) is 27.2 Å². The average Bonchev–Trinajstić information content (AvgIpc) is 2.30. The van der Waals surface area contributed by atoms with Gasteiger partial charge >= 0.3 is 12.0 Å². The highest BCUT2D eigenvalue weighted by molar-refractivity contribution is 5.76. The molecule has 0 radical (unpaired) electrons. The first kappa shape index (κ1) is 16.3. The zero-order valence-corrected chi connectivity index (χ0v) is 11.3. The van der Waals surface area contributed by atoms with Crippen LogP contribution >= 0.6 is 0 Å². The molecule has 2 N–H and O–H groups in total. The molecule has 0 aliphatic carbocycles. The van der Waals surface area contributed by atoms with Gasteiger partial charge in [-0.2, -0.15) is 0 Å². The van der Waals surface area contributed by atoms with Gasteiger partial charge in [-0.3, -0.25) is 4.79 Å². The van der Waals surface area contributed by atoms with Crippen LogP contribution in [0.3, 0.4) is 0 Å². The minimum Gasteiger partial charge on any atom is -0.481 e. The number of nitrogens with one attached hydrogen (secondary N) is 1. The maximum atomic E-state index is 11.7. The summed E-state index contributed by atoms with van der Waals surface area (Å²) in [6, 6.07) is -0.314. The highest BCUT2D eigenvalue weighted by Gasteiger charge is 2.20. The first-order valence-corrected chi connectivity index (χ1v) is 6.11. The lowest BCUT2D eigenvalue weighted by molar-refractivity contribution is -0.142. The van der Waals surface area contributed by atoms with Gasteiger partial charge in [-0.25, -0.2) is 4.79 Å². The molecule has 2 amide bonds. The number of hydrogen-bond donors (Lipinski definition) is 2. The number of carboxylic acids is 1. The van der Waals surface area contributed by atoms with Crippen LogP contribution in [0.15, 0.2) is 0 Å². The van der Waals surface area contributed by atoms with Crippen molar-refractivity contribution in [3.8, 4) is 12.3 Å². The van der Waals surface area contributed by atoms with Crippen molar-refractivity contribution in [2.75, 3.05) is 19.6 Å². The van der Waals surface area contributed by atoms with Crippen LogP contribution in [0.2, 0.25) is 0 Å². The lowest BCUT2D eigenvalue weighted by atomic mass is 9.97. The van der Waals surface area contributed by atoms with Crippen LogP contribution in [0.4, 0.5) is 4.79 Å². The number of carbonyl (C=O) groups excluding carboxylic acids is 1. The van der Waals surface area contributed by atoms with E-state index in [4.69, 9.17) is 11.5 Å². The van der Waals surface area contributed by atoms with Gasteiger partial charge in [-0.15, -0.1) is 6.42 Å². The van der Waals surface area contributed by atoms with E-state index in [1.54, 1.807) is 0 Å². The van der Waals surface area contributed by atoms with Crippen LogP contribution < -0.4 is 5.32 Å². The van der Waals surface area contributed by atoms with Gasteiger partial charge in [0.2, 0.25) is 0 Å². The predicted molar refractivity (Wildman–Crippen MR) is 70.1 cm³/mol. The van der Waals surface area contributed by atoms with Crippen molar-refractivity contribution in [3.63, 3.8) is 0 Å². The summed E-state index contributed by atoms with van der Waals surface area (Å²) >= 11 is 0. The number of hydrogen-bond acceptors (Lipinski definition) is 2. The molecule has 0 saturated heterocycles. The third-order valence-corrected chi connectivity index (χ3v) is 2.56. The second-order valence-corrected chi connectivity index (χ2v) is 4.57. The van der Waals surface area contributed by atoms with Gasteiger partial charge in [0.1, 0.15) is 0 Å². The minimum atomic E-state index is -0.885. The van der Waals surface area contributed by atoms with Gasteiger partial charge in [0.05, 0.1) is 12.5 Å². The van der Waals surface area contributed by atoms with Crippen molar-refractivity contribution in [1.29, 1.82) is 0 Å². The largest absolute Gasteiger partial charge is 0.481 e. The molecule has 5 heteroatoms. The Kier molecular flexibility index (Phi) is 7.61. The molecular formula is C13H22N2O3. The van der Waals surface area contributed by atoms with Crippen molar-refractivity contribution >= 4 is 12.0 Å². The van der Waals surface area contributed by atoms with E-state index in [9.17, 15) is 9.59 Å². The number of nitrogens with zero attached hydrogens (tertiary/aromatic N) is 1. The van der Waals surface area contributed by atoms with Gasteiger partial charge in [0, 0.05) is 13.1 Å². The lowest BCUT2D eigenvalue weighted by Crippen LogP contribution is -2.43. The number of rotatable bonds is 7. The summed E-state index contributed by atoms with van der Waals surface area (Å²) in [6.45, 7) is 6.58. The quantitative estimate of drug-likeness (QED) is 0.675. The van der Waals surface area contributed by atoms with Crippen LogP contribution in [-0.2, 0) is 4.79 Å². The topological polar surface area (TPSA) is 69.6 Å². The Hall–Kier alpha value is -1.70. The summed E-state index contributed by atoms with van der Waals surface area (Å²) in [7, 11) is 0. The zero-order chi connectivity index (χ0) is 14.1. The van der Waals surface area contributed by atoms with Crippen LogP contribution in [0.5, 0.6) is 0 Å². The van der Waals surface area contributed by atoms with Gasteiger partial charge in [-0.05, 0) is 19.3 Å². The number of aliphatic carboxylic acids is 1. The Morgan fingerprint density at radius 3 is 2.44 bits per heavy atom. The molecule has 0 aliphatic heterocycles. The summed E-state index contributed by atoms with van der Waals surface area (Å²) in [6.07, 6.45) is 5.69. The molecule has 1 atom stereocenters. The third kappa shape index (κ3) is 6.14. The molecule has 102 valence electrons. The number of urea groups is 1. The second-order valence-electron chi connectivity index (χ2n) is 4.57. The Morgan fingerprint density at radius 2 is 2.06 bits per heavy atom. The third-order valence-electron chi connectivity index (χ3n) is 2.56. The van der Waals surface area contributed by atoms with E-state index in [2.05, 4.69) is 11.2 Å². The fourth-order valence-corrected chi connectivity index (χ4v) is 1.60. The monoisotopic (exact) mass is 254 g/mol. The van der Waals surface area contributed by atoms with Crippen LogP contribution in [0, 0.1) is 24.2 Å². The molecule has 0 aromatic heterocycles. The standard InChI is InChI=1S/C13H22N2O3/c1-5-7-15(6-2)13(18)14-9-11(12(16)17)8-10(3)4/h1,10-11H,6-9H2,2-4H3,(H,14,18)(H,16,17). The second kappa shape index (κ2) is 8.40. The van der Waals surface area contributed by atoms with Gasteiger partial charge in [0.15, 0.2) is 0 Å². The minimum absolute atomic E-state index is 0.132. The summed E-state index contributed by atoms with van der Waals surface area (Å²) in [5.41, 5.74) is 0. The zero-order valence-electron chi connectivity index (χ0n) is 11.3. The fourth-order valence-electron chi connectivity index (χ4n) is 1.60. The molecule has 0 aromatic carbocycles. The van der Waals surface area contributed by atoms with Gasteiger partial charge in [-0.1, -0.05) is 19.8 Å². The number of carbonyl (C=O) groups is 2. The van der Waals surface area contributed by atoms with Crippen molar-refractivity contribution in [2.24, 2.45) is 11.8 Å². The molecule has 1 unspecified atom stereocenters. The molecule has 5 nitrogen and oxygen atoms in total. The van der Waals surface area contributed by atoms with Crippen molar-refractivity contribution in [1.82, 2.24) is 10.2 Å². The van der Waals surface area contributed by atoms with E-state index in [0.717, 1.165) is 0 Å². The van der Waals surface area contributed by atoms with E-state index in [-0.39, 0.29) is 25.0 Å².